The van der Waals surface area contributed by atoms with Gasteiger partial charge in [-0.25, -0.2) is 0 Å². The highest BCUT2D eigenvalue weighted by atomic mass is 16.5. The predicted molar refractivity (Wildman–Crippen MR) is 95.5 cm³/mol. The van der Waals surface area contributed by atoms with Crippen LogP contribution in [-0.4, -0.2) is 32.6 Å². The van der Waals surface area contributed by atoms with E-state index in [0.717, 1.165) is 12.1 Å². The van der Waals surface area contributed by atoms with Gasteiger partial charge in [0.2, 0.25) is 5.91 Å². The van der Waals surface area contributed by atoms with Crippen molar-refractivity contribution in [2.45, 2.75) is 12.8 Å². The third-order valence-corrected chi connectivity index (χ3v) is 4.15. The minimum atomic E-state index is -0.278. The number of rotatable bonds is 5. The average molecular weight is 340 g/mol. The van der Waals surface area contributed by atoms with Crippen LogP contribution in [0.2, 0.25) is 0 Å². The Hall–Kier alpha value is -3.02. The Bertz CT molecular complexity index is 804. The van der Waals surface area contributed by atoms with Gasteiger partial charge in [-0.15, -0.1) is 0 Å². The van der Waals surface area contributed by atoms with Crippen LogP contribution in [0.1, 0.15) is 23.2 Å². The van der Waals surface area contributed by atoms with E-state index < -0.39 is 0 Å². The largest absolute Gasteiger partial charge is 0.497 e. The van der Waals surface area contributed by atoms with Crippen molar-refractivity contribution in [1.82, 2.24) is 0 Å². The quantitative estimate of drug-likeness (QED) is 0.908. The molecule has 1 aliphatic rings. The van der Waals surface area contributed by atoms with Gasteiger partial charge in [0.25, 0.3) is 5.91 Å². The molecule has 3 rings (SSSR count). The number of amides is 2. The minimum absolute atomic E-state index is 0.0898. The summed E-state index contributed by atoms with van der Waals surface area (Å²) in [5, 5.41) is 2.83. The van der Waals surface area contributed by atoms with Gasteiger partial charge < -0.3 is 19.7 Å². The number of nitrogens with one attached hydrogen (secondary N) is 1. The van der Waals surface area contributed by atoms with Crippen molar-refractivity contribution in [3.05, 3.63) is 48.0 Å². The third-order valence-electron chi connectivity index (χ3n) is 4.15. The summed E-state index contributed by atoms with van der Waals surface area (Å²) in [5.74, 6) is 0.972. The van der Waals surface area contributed by atoms with Gasteiger partial charge in [0, 0.05) is 30.3 Å². The van der Waals surface area contributed by atoms with E-state index in [2.05, 4.69) is 5.32 Å². The van der Waals surface area contributed by atoms with Crippen LogP contribution in [0.25, 0.3) is 0 Å². The Morgan fingerprint density at radius 1 is 1.12 bits per heavy atom. The molecule has 25 heavy (non-hydrogen) atoms. The van der Waals surface area contributed by atoms with Crippen molar-refractivity contribution < 1.29 is 19.1 Å². The van der Waals surface area contributed by atoms with Gasteiger partial charge in [-0.3, -0.25) is 9.59 Å². The lowest BCUT2D eigenvalue weighted by atomic mass is 10.1. The third kappa shape index (κ3) is 3.57. The molecule has 0 bridgehead atoms. The topological polar surface area (TPSA) is 67.9 Å². The monoisotopic (exact) mass is 340 g/mol. The summed E-state index contributed by atoms with van der Waals surface area (Å²) in [6.45, 7) is 0.688. The summed E-state index contributed by atoms with van der Waals surface area (Å²) in [4.78, 5) is 26.2. The second kappa shape index (κ2) is 7.25. The number of hydrogen-bond acceptors (Lipinski definition) is 4. The first kappa shape index (κ1) is 16.8. The molecule has 0 saturated carbocycles. The van der Waals surface area contributed by atoms with Gasteiger partial charge in [-0.2, -0.15) is 0 Å². The van der Waals surface area contributed by atoms with Gasteiger partial charge in [0.15, 0.2) is 0 Å². The highest BCUT2D eigenvalue weighted by Crippen LogP contribution is 2.30. The molecule has 1 N–H and O–H groups in total. The van der Waals surface area contributed by atoms with Gasteiger partial charge >= 0.3 is 0 Å². The van der Waals surface area contributed by atoms with Crippen LogP contribution < -0.4 is 19.7 Å². The van der Waals surface area contributed by atoms with Crippen LogP contribution in [-0.2, 0) is 4.79 Å². The van der Waals surface area contributed by atoms with Crippen molar-refractivity contribution >= 4 is 23.2 Å². The summed E-state index contributed by atoms with van der Waals surface area (Å²) in [5.41, 5.74) is 1.74. The van der Waals surface area contributed by atoms with Crippen molar-refractivity contribution in [2.75, 3.05) is 31.0 Å². The number of benzene rings is 2. The number of anilines is 2. The molecule has 0 spiro atoms. The molecule has 1 aliphatic heterocycles. The zero-order valence-electron chi connectivity index (χ0n) is 14.2. The lowest BCUT2D eigenvalue weighted by Gasteiger charge is -2.17. The van der Waals surface area contributed by atoms with E-state index in [1.807, 2.05) is 6.07 Å². The second-order valence-corrected chi connectivity index (χ2v) is 5.72. The van der Waals surface area contributed by atoms with Crippen molar-refractivity contribution in [3.63, 3.8) is 0 Å². The molecule has 0 aromatic heterocycles. The fourth-order valence-corrected chi connectivity index (χ4v) is 2.84. The second-order valence-electron chi connectivity index (χ2n) is 5.72. The molecular formula is C19H20N2O4. The molecule has 1 fully saturated rings. The van der Waals surface area contributed by atoms with Crippen LogP contribution in [0, 0.1) is 0 Å². The molecule has 0 atom stereocenters. The standard InChI is InChI=1S/C19H20N2O4/c1-24-15-8-9-17(25-2)16(12-15)20-19(23)13-5-3-6-14(11-13)21-10-4-7-18(21)22/h3,5-6,8-9,11-12H,4,7,10H2,1-2H3,(H,20,23). The Morgan fingerprint density at radius 3 is 2.64 bits per heavy atom. The lowest BCUT2D eigenvalue weighted by Crippen LogP contribution is -2.24. The zero-order chi connectivity index (χ0) is 17.8. The van der Waals surface area contributed by atoms with Gasteiger partial charge in [-0.1, -0.05) is 6.07 Å². The Balaban J connectivity index is 1.83. The highest BCUT2D eigenvalue weighted by Gasteiger charge is 2.22. The molecule has 0 aliphatic carbocycles. The van der Waals surface area contributed by atoms with E-state index in [4.69, 9.17) is 9.47 Å². The SMILES string of the molecule is COc1ccc(OC)c(NC(=O)c2cccc(N3CCCC3=O)c2)c1. The zero-order valence-corrected chi connectivity index (χ0v) is 14.2. The maximum atomic E-state index is 12.6. The Labute approximate surface area is 146 Å². The molecule has 1 saturated heterocycles. The molecule has 6 nitrogen and oxygen atoms in total. The normalized spacial score (nSPS) is 13.7. The number of carbonyl (C=O) groups excluding carboxylic acids is 2. The molecule has 2 amide bonds. The molecule has 2 aromatic rings. The maximum Gasteiger partial charge on any atom is 0.255 e. The number of hydrogen-bond donors (Lipinski definition) is 1. The van der Waals surface area contributed by atoms with E-state index in [-0.39, 0.29) is 11.8 Å². The minimum Gasteiger partial charge on any atom is -0.497 e. The smallest absolute Gasteiger partial charge is 0.255 e. The van der Waals surface area contributed by atoms with E-state index in [1.165, 1.54) is 7.11 Å². The van der Waals surface area contributed by atoms with Gasteiger partial charge in [-0.05, 0) is 36.8 Å². The summed E-state index contributed by atoms with van der Waals surface area (Å²) in [7, 11) is 3.10. The maximum absolute atomic E-state index is 12.6. The van der Waals surface area contributed by atoms with Crippen LogP contribution in [0.5, 0.6) is 11.5 Å². The molecular weight excluding hydrogens is 320 g/mol. The van der Waals surface area contributed by atoms with Gasteiger partial charge in [0.05, 0.1) is 19.9 Å². The van der Waals surface area contributed by atoms with E-state index in [9.17, 15) is 9.59 Å². The number of nitrogens with zero attached hydrogens (tertiary/aromatic N) is 1. The van der Waals surface area contributed by atoms with Crippen LogP contribution in [0.4, 0.5) is 11.4 Å². The average Bonchev–Trinajstić information content (AvgIpc) is 3.07. The number of ether oxygens (including phenoxy) is 2. The highest BCUT2D eigenvalue weighted by molar-refractivity contribution is 6.06. The summed E-state index contributed by atoms with van der Waals surface area (Å²) < 4.78 is 10.5. The first-order valence-electron chi connectivity index (χ1n) is 8.06. The van der Waals surface area contributed by atoms with Crippen molar-refractivity contribution in [2.24, 2.45) is 0 Å². The summed E-state index contributed by atoms with van der Waals surface area (Å²) in [6.07, 6.45) is 1.40. The predicted octanol–water partition coefficient (Wildman–Crippen LogP) is 3.08. The molecule has 2 aromatic carbocycles. The number of carbonyl (C=O) groups is 2. The first-order chi connectivity index (χ1) is 12.1. The van der Waals surface area contributed by atoms with E-state index in [1.54, 1.807) is 48.4 Å². The van der Waals surface area contributed by atoms with E-state index >= 15 is 0 Å². The molecule has 0 unspecified atom stereocenters. The van der Waals surface area contributed by atoms with Crippen LogP contribution in [0.3, 0.4) is 0 Å². The molecule has 130 valence electrons. The number of methoxy groups -OCH3 is 2. The lowest BCUT2D eigenvalue weighted by molar-refractivity contribution is -0.117. The first-order valence-corrected chi connectivity index (χ1v) is 8.06. The van der Waals surface area contributed by atoms with E-state index in [0.29, 0.717) is 35.7 Å². The summed E-state index contributed by atoms with van der Waals surface area (Å²) >= 11 is 0. The van der Waals surface area contributed by atoms with Crippen LogP contribution >= 0.6 is 0 Å². The van der Waals surface area contributed by atoms with Crippen LogP contribution in [0.15, 0.2) is 42.5 Å². The van der Waals surface area contributed by atoms with Gasteiger partial charge in [0.1, 0.15) is 11.5 Å². The molecule has 1 heterocycles. The fourth-order valence-electron chi connectivity index (χ4n) is 2.84. The Kier molecular flexibility index (Phi) is 4.88. The molecule has 6 heteroatoms. The van der Waals surface area contributed by atoms with Crippen molar-refractivity contribution in [3.8, 4) is 11.5 Å². The summed E-state index contributed by atoms with van der Waals surface area (Å²) in [6, 6.07) is 12.2. The Morgan fingerprint density at radius 2 is 1.96 bits per heavy atom. The fraction of sp³-hybridized carbons (Fsp3) is 0.263. The van der Waals surface area contributed by atoms with Crippen molar-refractivity contribution in [1.29, 1.82) is 0 Å². The molecule has 0 radical (unpaired) electrons.